The SMILES string of the molecule is COCCc1nc(-c2ccc(O)cc2O)cs1. The zero-order valence-corrected chi connectivity index (χ0v) is 10.2. The summed E-state index contributed by atoms with van der Waals surface area (Å²) in [7, 11) is 1.65. The van der Waals surface area contributed by atoms with E-state index >= 15 is 0 Å². The number of nitrogens with zero attached hydrogens (tertiary/aromatic N) is 1. The predicted octanol–water partition coefficient (Wildman–Crippen LogP) is 2.41. The molecule has 90 valence electrons. The molecule has 0 fully saturated rings. The highest BCUT2D eigenvalue weighted by molar-refractivity contribution is 7.09. The van der Waals surface area contributed by atoms with Gasteiger partial charge in [-0.3, -0.25) is 0 Å². The van der Waals surface area contributed by atoms with Crippen LogP contribution in [0.2, 0.25) is 0 Å². The fourth-order valence-electron chi connectivity index (χ4n) is 1.48. The minimum absolute atomic E-state index is 0.0357. The van der Waals surface area contributed by atoms with E-state index in [1.165, 1.54) is 23.5 Å². The van der Waals surface area contributed by atoms with Crippen molar-refractivity contribution in [1.82, 2.24) is 4.98 Å². The minimum atomic E-state index is 0.0357. The molecule has 1 heterocycles. The van der Waals surface area contributed by atoms with Crippen molar-refractivity contribution in [3.63, 3.8) is 0 Å². The highest BCUT2D eigenvalue weighted by Gasteiger charge is 2.09. The molecule has 4 nitrogen and oxygen atoms in total. The molecule has 0 unspecified atom stereocenters. The van der Waals surface area contributed by atoms with Gasteiger partial charge >= 0.3 is 0 Å². The summed E-state index contributed by atoms with van der Waals surface area (Å²) in [6, 6.07) is 4.49. The van der Waals surface area contributed by atoms with Crippen molar-refractivity contribution in [3.8, 4) is 22.8 Å². The molecule has 0 spiro atoms. The van der Waals surface area contributed by atoms with Crippen LogP contribution in [0.5, 0.6) is 11.5 Å². The van der Waals surface area contributed by atoms with Gasteiger partial charge in [0.25, 0.3) is 0 Å². The van der Waals surface area contributed by atoms with Gasteiger partial charge in [0.15, 0.2) is 0 Å². The number of aromatic hydroxyl groups is 2. The van der Waals surface area contributed by atoms with E-state index in [9.17, 15) is 10.2 Å². The molecule has 1 aromatic heterocycles. The van der Waals surface area contributed by atoms with Gasteiger partial charge in [-0.2, -0.15) is 0 Å². The van der Waals surface area contributed by atoms with Crippen LogP contribution in [0.3, 0.4) is 0 Å². The molecular weight excluding hydrogens is 238 g/mol. The lowest BCUT2D eigenvalue weighted by atomic mass is 10.1. The van der Waals surface area contributed by atoms with Gasteiger partial charge in [-0.25, -0.2) is 4.98 Å². The summed E-state index contributed by atoms with van der Waals surface area (Å²) < 4.78 is 4.98. The molecule has 0 atom stereocenters. The minimum Gasteiger partial charge on any atom is -0.508 e. The molecule has 0 saturated heterocycles. The molecular formula is C12H13NO3S. The van der Waals surface area contributed by atoms with Crippen molar-refractivity contribution in [3.05, 3.63) is 28.6 Å². The third-order valence-corrected chi connectivity index (χ3v) is 3.24. The number of thiazole rings is 1. The monoisotopic (exact) mass is 251 g/mol. The van der Waals surface area contributed by atoms with Gasteiger partial charge in [0.05, 0.1) is 17.3 Å². The van der Waals surface area contributed by atoms with Gasteiger partial charge in [-0.05, 0) is 12.1 Å². The zero-order valence-electron chi connectivity index (χ0n) is 9.38. The molecule has 1 aromatic carbocycles. The summed E-state index contributed by atoms with van der Waals surface area (Å²) in [4.78, 5) is 4.41. The highest BCUT2D eigenvalue weighted by Crippen LogP contribution is 2.32. The smallest absolute Gasteiger partial charge is 0.128 e. The molecule has 2 rings (SSSR count). The maximum absolute atomic E-state index is 9.71. The van der Waals surface area contributed by atoms with Gasteiger partial charge in [0, 0.05) is 30.5 Å². The first kappa shape index (κ1) is 11.9. The van der Waals surface area contributed by atoms with E-state index in [2.05, 4.69) is 4.98 Å². The number of phenolic OH excluding ortho intramolecular Hbond substituents is 2. The Bertz CT molecular complexity index is 510. The second-order valence-corrected chi connectivity index (χ2v) is 4.51. The van der Waals surface area contributed by atoms with E-state index in [4.69, 9.17) is 4.74 Å². The fourth-order valence-corrected chi connectivity index (χ4v) is 2.26. The number of ether oxygens (including phenoxy) is 1. The lowest BCUT2D eigenvalue weighted by Crippen LogP contribution is -1.93. The summed E-state index contributed by atoms with van der Waals surface area (Å²) in [5, 5.41) is 21.8. The van der Waals surface area contributed by atoms with Gasteiger partial charge < -0.3 is 14.9 Å². The normalized spacial score (nSPS) is 10.6. The molecule has 2 N–H and O–H groups in total. The summed E-state index contributed by atoms with van der Waals surface area (Å²) in [5.41, 5.74) is 1.35. The van der Waals surface area contributed by atoms with E-state index in [0.29, 0.717) is 12.2 Å². The summed E-state index contributed by atoms with van der Waals surface area (Å²) in [6.07, 6.45) is 0.764. The van der Waals surface area contributed by atoms with Crippen molar-refractivity contribution in [2.24, 2.45) is 0 Å². The lowest BCUT2D eigenvalue weighted by molar-refractivity contribution is 0.202. The Balaban J connectivity index is 2.24. The van der Waals surface area contributed by atoms with Gasteiger partial charge in [-0.1, -0.05) is 0 Å². The topological polar surface area (TPSA) is 62.6 Å². The summed E-state index contributed by atoms with van der Waals surface area (Å²) >= 11 is 1.53. The van der Waals surface area contributed by atoms with E-state index in [1.807, 2.05) is 5.38 Å². The molecule has 17 heavy (non-hydrogen) atoms. The average Bonchev–Trinajstić information content (AvgIpc) is 2.75. The first-order valence-electron chi connectivity index (χ1n) is 5.16. The van der Waals surface area contributed by atoms with E-state index in [-0.39, 0.29) is 11.5 Å². The van der Waals surface area contributed by atoms with Crippen molar-refractivity contribution in [2.45, 2.75) is 6.42 Å². The molecule has 0 amide bonds. The van der Waals surface area contributed by atoms with Gasteiger partial charge in [0.2, 0.25) is 0 Å². The van der Waals surface area contributed by atoms with Crippen LogP contribution in [0.25, 0.3) is 11.3 Å². The Morgan fingerprint density at radius 2 is 2.18 bits per heavy atom. The van der Waals surface area contributed by atoms with Crippen molar-refractivity contribution >= 4 is 11.3 Å². The Labute approximate surface area is 103 Å². The Morgan fingerprint density at radius 1 is 1.35 bits per heavy atom. The molecule has 0 saturated carbocycles. The molecule has 0 radical (unpaired) electrons. The highest BCUT2D eigenvalue weighted by atomic mass is 32.1. The fraction of sp³-hybridized carbons (Fsp3) is 0.250. The quantitative estimate of drug-likeness (QED) is 0.876. The lowest BCUT2D eigenvalue weighted by Gasteiger charge is -2.01. The van der Waals surface area contributed by atoms with Crippen LogP contribution in [0.1, 0.15) is 5.01 Å². The van der Waals surface area contributed by atoms with E-state index < -0.39 is 0 Å². The van der Waals surface area contributed by atoms with Crippen LogP contribution in [0, 0.1) is 0 Å². The van der Waals surface area contributed by atoms with Crippen LogP contribution in [0.15, 0.2) is 23.6 Å². The van der Waals surface area contributed by atoms with E-state index in [1.54, 1.807) is 13.2 Å². The van der Waals surface area contributed by atoms with Crippen LogP contribution in [-0.4, -0.2) is 28.9 Å². The van der Waals surface area contributed by atoms with Gasteiger partial charge in [0.1, 0.15) is 11.5 Å². The number of methoxy groups -OCH3 is 1. The first-order chi connectivity index (χ1) is 8.20. The zero-order chi connectivity index (χ0) is 12.3. The Hall–Kier alpha value is -1.59. The standard InChI is InChI=1S/C12H13NO3S/c1-16-5-4-12-13-10(7-17-12)9-3-2-8(14)6-11(9)15/h2-3,6-7,14-15H,4-5H2,1H3. The first-order valence-corrected chi connectivity index (χ1v) is 6.04. The Morgan fingerprint density at radius 3 is 2.88 bits per heavy atom. The number of rotatable bonds is 4. The van der Waals surface area contributed by atoms with Crippen LogP contribution >= 0.6 is 11.3 Å². The molecule has 0 aliphatic rings. The number of benzene rings is 1. The molecule has 5 heteroatoms. The van der Waals surface area contributed by atoms with Crippen molar-refractivity contribution < 1.29 is 14.9 Å². The van der Waals surface area contributed by atoms with E-state index in [0.717, 1.165) is 17.1 Å². The third-order valence-electron chi connectivity index (χ3n) is 2.33. The van der Waals surface area contributed by atoms with Gasteiger partial charge in [-0.15, -0.1) is 11.3 Å². The number of aromatic nitrogens is 1. The molecule has 0 bridgehead atoms. The largest absolute Gasteiger partial charge is 0.508 e. The summed E-state index contributed by atoms with van der Waals surface area (Å²) in [5.74, 6) is 0.0784. The third kappa shape index (κ3) is 2.75. The van der Waals surface area contributed by atoms with Crippen molar-refractivity contribution in [1.29, 1.82) is 0 Å². The van der Waals surface area contributed by atoms with Crippen molar-refractivity contribution in [2.75, 3.05) is 13.7 Å². The number of phenols is 2. The Kier molecular flexibility index (Phi) is 3.61. The summed E-state index contributed by atoms with van der Waals surface area (Å²) in [6.45, 7) is 0.633. The second kappa shape index (κ2) is 5.16. The van der Waals surface area contributed by atoms with Crippen LogP contribution in [-0.2, 0) is 11.2 Å². The average molecular weight is 251 g/mol. The number of hydrogen-bond acceptors (Lipinski definition) is 5. The molecule has 2 aromatic rings. The molecule has 0 aliphatic carbocycles. The second-order valence-electron chi connectivity index (χ2n) is 3.57. The maximum Gasteiger partial charge on any atom is 0.128 e. The number of hydrogen-bond donors (Lipinski definition) is 2. The van der Waals surface area contributed by atoms with Crippen LogP contribution < -0.4 is 0 Å². The molecule has 0 aliphatic heterocycles. The predicted molar refractivity (Wildman–Crippen MR) is 66.5 cm³/mol. The van der Waals surface area contributed by atoms with Crippen LogP contribution in [0.4, 0.5) is 0 Å². The maximum atomic E-state index is 9.71.